The Kier molecular flexibility index (Phi) is 3.60. The molecule has 2 heteroatoms. The number of aliphatic hydroxyl groups excluding tert-OH is 1. The topological polar surface area (TPSA) is 24.7 Å². The zero-order valence-corrected chi connectivity index (χ0v) is 8.91. The van der Waals surface area contributed by atoms with Crippen LogP contribution >= 0.6 is 0 Å². The van der Waals surface area contributed by atoms with E-state index in [9.17, 15) is 5.11 Å². The summed E-state index contributed by atoms with van der Waals surface area (Å²) in [4.78, 5) is 1.63. The molecule has 1 aliphatic heterocycles. The fourth-order valence-corrected chi connectivity index (χ4v) is 2.76. The number of aliphatic hydroxyl groups is 1. The Balaban J connectivity index is 1.75. The van der Waals surface area contributed by atoms with Crippen molar-refractivity contribution < 1.29 is 10.0 Å². The molecule has 0 radical (unpaired) electrons. The fraction of sp³-hybridized carbons (Fsp3) is 0.833. The molecule has 0 saturated carbocycles. The summed E-state index contributed by atoms with van der Waals surface area (Å²) >= 11 is 0. The van der Waals surface area contributed by atoms with E-state index in [4.69, 9.17) is 0 Å². The number of hydrogen-bond donors (Lipinski definition) is 2. The first-order valence-corrected chi connectivity index (χ1v) is 6.01. The van der Waals surface area contributed by atoms with Gasteiger partial charge >= 0.3 is 0 Å². The second kappa shape index (κ2) is 4.94. The molecule has 14 heavy (non-hydrogen) atoms. The number of rotatable bonds is 2. The van der Waals surface area contributed by atoms with Crippen molar-refractivity contribution in [3.63, 3.8) is 0 Å². The first-order valence-electron chi connectivity index (χ1n) is 6.01. The average Bonchev–Trinajstić information content (AvgIpc) is 2.19. The number of allylic oxidation sites excluding steroid dienone is 2. The molecule has 0 aromatic rings. The van der Waals surface area contributed by atoms with Crippen LogP contribution in [0.4, 0.5) is 0 Å². The molecule has 1 saturated heterocycles. The quantitative estimate of drug-likeness (QED) is 0.613. The highest BCUT2D eigenvalue weighted by Crippen LogP contribution is 2.16. The maximum absolute atomic E-state index is 9.57. The molecular weight excluding hydrogens is 174 g/mol. The molecule has 1 aliphatic carbocycles. The highest BCUT2D eigenvalue weighted by atomic mass is 16.3. The Labute approximate surface area is 86.6 Å². The van der Waals surface area contributed by atoms with Crippen molar-refractivity contribution in [3.8, 4) is 0 Å². The van der Waals surface area contributed by atoms with Gasteiger partial charge in [-0.25, -0.2) is 0 Å². The highest BCUT2D eigenvalue weighted by molar-refractivity contribution is 4.89. The molecule has 2 rings (SSSR count). The van der Waals surface area contributed by atoms with Crippen LogP contribution in [0.2, 0.25) is 0 Å². The Morgan fingerprint density at radius 1 is 1.29 bits per heavy atom. The van der Waals surface area contributed by atoms with E-state index >= 15 is 0 Å². The van der Waals surface area contributed by atoms with Gasteiger partial charge in [0.15, 0.2) is 0 Å². The van der Waals surface area contributed by atoms with Gasteiger partial charge in [0.05, 0.1) is 13.1 Å². The van der Waals surface area contributed by atoms with Gasteiger partial charge in [-0.3, -0.25) is 0 Å². The van der Waals surface area contributed by atoms with Crippen molar-refractivity contribution in [2.45, 2.75) is 38.2 Å². The molecule has 1 unspecified atom stereocenters. The van der Waals surface area contributed by atoms with Gasteiger partial charge in [-0.1, -0.05) is 12.2 Å². The summed E-state index contributed by atoms with van der Waals surface area (Å²) in [6.07, 6.45) is 10.7. The Morgan fingerprint density at radius 3 is 2.93 bits per heavy atom. The standard InChI is InChI=1S/C12H21NO/c14-12-7-4-8-13(10-12)9-11-5-2-1-3-6-11/h1-2,11-12,14H,3-10H2/p+1/t11-,12-/m0/s1. The number of hydrogen-bond acceptors (Lipinski definition) is 1. The van der Waals surface area contributed by atoms with Gasteiger partial charge in [-0.2, -0.15) is 0 Å². The molecule has 2 nitrogen and oxygen atoms in total. The van der Waals surface area contributed by atoms with Crippen LogP contribution in [0.5, 0.6) is 0 Å². The largest absolute Gasteiger partial charge is 0.387 e. The van der Waals surface area contributed by atoms with Gasteiger partial charge in [-0.15, -0.1) is 0 Å². The van der Waals surface area contributed by atoms with Crippen molar-refractivity contribution >= 4 is 0 Å². The molecule has 1 heterocycles. The molecule has 80 valence electrons. The van der Waals surface area contributed by atoms with Crippen LogP contribution in [0.25, 0.3) is 0 Å². The first-order chi connectivity index (χ1) is 6.84. The molecule has 0 aromatic heterocycles. The molecule has 0 aromatic carbocycles. The van der Waals surface area contributed by atoms with Crippen molar-refractivity contribution in [1.82, 2.24) is 0 Å². The first kappa shape index (κ1) is 10.2. The number of piperidine rings is 1. The number of likely N-dealkylation sites (tertiary alicyclic amines) is 1. The van der Waals surface area contributed by atoms with E-state index in [0.29, 0.717) is 0 Å². The lowest BCUT2D eigenvalue weighted by Crippen LogP contribution is -3.14. The summed E-state index contributed by atoms with van der Waals surface area (Å²) in [7, 11) is 0. The maximum Gasteiger partial charge on any atom is 0.103 e. The minimum Gasteiger partial charge on any atom is -0.387 e. The number of quaternary nitrogens is 1. The van der Waals surface area contributed by atoms with E-state index in [1.54, 1.807) is 4.90 Å². The molecule has 1 fully saturated rings. The van der Waals surface area contributed by atoms with E-state index in [-0.39, 0.29) is 6.10 Å². The normalized spacial score (nSPS) is 38.5. The van der Waals surface area contributed by atoms with Crippen LogP contribution in [0, 0.1) is 5.92 Å². The second-order valence-electron chi connectivity index (χ2n) is 4.85. The second-order valence-corrected chi connectivity index (χ2v) is 4.85. The predicted octanol–water partition coefficient (Wildman–Crippen LogP) is 0.382. The third-order valence-electron chi connectivity index (χ3n) is 3.55. The maximum atomic E-state index is 9.57. The van der Waals surface area contributed by atoms with Crippen LogP contribution in [-0.4, -0.2) is 30.8 Å². The minimum absolute atomic E-state index is 0.0297. The molecule has 0 bridgehead atoms. The summed E-state index contributed by atoms with van der Waals surface area (Å²) in [5, 5.41) is 9.57. The van der Waals surface area contributed by atoms with E-state index in [1.807, 2.05) is 0 Å². The molecule has 0 spiro atoms. The van der Waals surface area contributed by atoms with E-state index in [0.717, 1.165) is 18.9 Å². The van der Waals surface area contributed by atoms with Gasteiger partial charge in [0.25, 0.3) is 0 Å². The van der Waals surface area contributed by atoms with Crippen molar-refractivity contribution in [2.75, 3.05) is 19.6 Å². The van der Waals surface area contributed by atoms with Gasteiger partial charge < -0.3 is 10.0 Å². The van der Waals surface area contributed by atoms with Gasteiger partial charge in [0.2, 0.25) is 0 Å². The van der Waals surface area contributed by atoms with Crippen LogP contribution in [-0.2, 0) is 0 Å². The third-order valence-corrected chi connectivity index (χ3v) is 3.55. The van der Waals surface area contributed by atoms with Crippen LogP contribution < -0.4 is 4.90 Å². The van der Waals surface area contributed by atoms with Crippen LogP contribution in [0.15, 0.2) is 12.2 Å². The summed E-state index contributed by atoms with van der Waals surface area (Å²) in [5.41, 5.74) is 0. The van der Waals surface area contributed by atoms with E-state index in [1.165, 1.54) is 38.8 Å². The van der Waals surface area contributed by atoms with E-state index in [2.05, 4.69) is 12.2 Å². The third kappa shape index (κ3) is 2.82. The summed E-state index contributed by atoms with van der Waals surface area (Å²) in [6.45, 7) is 3.54. The van der Waals surface area contributed by atoms with Crippen LogP contribution in [0.3, 0.4) is 0 Å². The van der Waals surface area contributed by atoms with Crippen molar-refractivity contribution in [1.29, 1.82) is 0 Å². The summed E-state index contributed by atoms with van der Waals surface area (Å²) in [6, 6.07) is 0. The van der Waals surface area contributed by atoms with Crippen LogP contribution in [0.1, 0.15) is 32.1 Å². The Bertz CT molecular complexity index is 202. The zero-order valence-electron chi connectivity index (χ0n) is 8.91. The van der Waals surface area contributed by atoms with Gasteiger partial charge in [-0.05, 0) is 32.1 Å². The smallest absolute Gasteiger partial charge is 0.103 e. The molecule has 3 atom stereocenters. The molecule has 0 amide bonds. The molecular formula is C12H22NO+. The lowest BCUT2D eigenvalue weighted by Gasteiger charge is -2.30. The fourth-order valence-electron chi connectivity index (χ4n) is 2.76. The lowest BCUT2D eigenvalue weighted by molar-refractivity contribution is -0.911. The van der Waals surface area contributed by atoms with Gasteiger partial charge in [0, 0.05) is 5.92 Å². The predicted molar refractivity (Wildman–Crippen MR) is 57.3 cm³/mol. The SMILES string of the molecule is O[C@H]1CCC[NH+](C[C@H]2CC=CCC2)C1. The molecule has 2 aliphatic rings. The Hall–Kier alpha value is -0.340. The summed E-state index contributed by atoms with van der Waals surface area (Å²) in [5.74, 6) is 0.875. The van der Waals surface area contributed by atoms with Crippen molar-refractivity contribution in [3.05, 3.63) is 12.2 Å². The summed E-state index contributed by atoms with van der Waals surface area (Å²) < 4.78 is 0. The minimum atomic E-state index is -0.0297. The zero-order chi connectivity index (χ0) is 9.80. The number of nitrogens with one attached hydrogen (secondary N) is 1. The highest BCUT2D eigenvalue weighted by Gasteiger charge is 2.23. The average molecular weight is 196 g/mol. The molecule has 2 N–H and O–H groups in total. The Morgan fingerprint density at radius 2 is 2.21 bits per heavy atom. The van der Waals surface area contributed by atoms with Crippen molar-refractivity contribution in [2.24, 2.45) is 5.92 Å². The monoisotopic (exact) mass is 196 g/mol. The van der Waals surface area contributed by atoms with Gasteiger partial charge in [0.1, 0.15) is 12.6 Å². The van der Waals surface area contributed by atoms with E-state index < -0.39 is 0 Å². The lowest BCUT2D eigenvalue weighted by atomic mass is 9.93.